The van der Waals surface area contributed by atoms with Gasteiger partial charge in [-0.2, -0.15) is 0 Å². The van der Waals surface area contributed by atoms with Crippen LogP contribution in [0.5, 0.6) is 0 Å². The molecule has 4 aliphatic carbocycles. The first kappa shape index (κ1) is 44.3. The minimum atomic E-state index is -0.826. The Bertz CT molecular complexity index is 1390. The fourth-order valence-corrected chi connectivity index (χ4v) is 10.1. The van der Waals surface area contributed by atoms with Gasteiger partial charge in [0.15, 0.2) is 0 Å². The molecule has 0 spiro atoms. The topological polar surface area (TPSA) is 0 Å². The van der Waals surface area contributed by atoms with Crippen LogP contribution in [0.15, 0.2) is 85.0 Å². The van der Waals surface area contributed by atoms with Crippen LogP contribution in [0.1, 0.15) is 117 Å². The molecule has 2 aromatic rings. The van der Waals surface area contributed by atoms with Crippen LogP contribution in [0.4, 0.5) is 0 Å². The van der Waals surface area contributed by atoms with Gasteiger partial charge >= 0.3 is 37.9 Å². The molecule has 0 saturated heterocycles. The SMILES string of the molecule is CC(C)C1CC2C(c3ccc(C(C)(C)C)cc3)=CC=CC2C1CCC1C2C=CC=C(c3ccc(C(C)(C)C)cc3)C2CC1C(C)C.[CH3-].[CH3-].[Cl][Zr+2][Cl]. The molecular weight excluding hydrogens is 739 g/mol. The van der Waals surface area contributed by atoms with Crippen molar-refractivity contribution in [1.29, 1.82) is 0 Å². The van der Waals surface area contributed by atoms with Crippen LogP contribution in [-0.2, 0) is 31.7 Å². The van der Waals surface area contributed by atoms with E-state index in [9.17, 15) is 0 Å². The van der Waals surface area contributed by atoms with E-state index in [1.54, 1.807) is 11.1 Å². The third-order valence-electron chi connectivity index (χ3n) is 12.8. The van der Waals surface area contributed by atoms with Gasteiger partial charge < -0.3 is 14.9 Å². The van der Waals surface area contributed by atoms with Crippen LogP contribution < -0.4 is 0 Å². The molecule has 0 aliphatic heterocycles. The van der Waals surface area contributed by atoms with Crippen LogP contribution in [0.2, 0.25) is 0 Å². The zero-order valence-electron chi connectivity index (χ0n) is 33.9. The van der Waals surface area contributed by atoms with Gasteiger partial charge in [0.2, 0.25) is 0 Å². The molecule has 278 valence electrons. The molecule has 3 heteroatoms. The van der Waals surface area contributed by atoms with Crippen molar-refractivity contribution in [2.75, 3.05) is 0 Å². The minimum absolute atomic E-state index is 0. The molecule has 8 atom stereocenters. The van der Waals surface area contributed by atoms with Crippen molar-refractivity contribution in [3.8, 4) is 0 Å². The van der Waals surface area contributed by atoms with Gasteiger partial charge in [0, 0.05) is 0 Å². The molecule has 2 fully saturated rings. The predicted octanol–water partition coefficient (Wildman–Crippen LogP) is 15.0. The van der Waals surface area contributed by atoms with E-state index in [0.717, 1.165) is 35.5 Å². The van der Waals surface area contributed by atoms with Gasteiger partial charge in [-0.3, -0.25) is 0 Å². The number of hydrogen-bond acceptors (Lipinski definition) is 0. The Balaban J connectivity index is 0.00000136. The summed E-state index contributed by atoms with van der Waals surface area (Å²) >= 11 is -0.826. The number of fused-ring (bicyclic) bond motifs is 2. The van der Waals surface area contributed by atoms with Gasteiger partial charge in [-0.1, -0.05) is 154 Å². The van der Waals surface area contributed by atoms with Crippen LogP contribution in [0, 0.1) is 74.0 Å². The van der Waals surface area contributed by atoms with E-state index < -0.39 is 20.8 Å². The average molecular weight is 807 g/mol. The van der Waals surface area contributed by atoms with Crippen molar-refractivity contribution < 1.29 is 20.8 Å². The molecule has 0 aromatic heterocycles. The third-order valence-corrected chi connectivity index (χ3v) is 12.8. The molecule has 0 radical (unpaired) electrons. The summed E-state index contributed by atoms with van der Waals surface area (Å²) in [6.07, 6.45) is 20.3. The Labute approximate surface area is 333 Å². The van der Waals surface area contributed by atoms with Crippen LogP contribution >= 0.6 is 17.0 Å². The van der Waals surface area contributed by atoms with Gasteiger partial charge in [0.1, 0.15) is 0 Å². The molecule has 0 bridgehead atoms. The molecule has 2 saturated carbocycles. The summed E-state index contributed by atoms with van der Waals surface area (Å²) in [6.45, 7) is 23.9. The van der Waals surface area contributed by atoms with Gasteiger partial charge in [0.05, 0.1) is 0 Å². The Kier molecular flexibility index (Phi) is 16.0. The molecule has 4 aliphatic rings. The standard InChI is InChI=1S/C46H62.2CH3.2ClH.Zr/c1-29(2)41-27-43-35(31-17-21-33(22-18-31)45(5,6)7)13-11-15-37(43)39(41)25-26-40-38-16-12-14-36(44(38)28-42(40)30(3)4)32-19-23-34(24-20-32)46(8,9)10;;;;;/h11-24,29-30,37-44H,25-28H2,1-10H3;2*1H3;2*1H;/q;2*-1;;;+4/p-2. The summed E-state index contributed by atoms with van der Waals surface area (Å²) in [7, 11) is 9.87. The summed E-state index contributed by atoms with van der Waals surface area (Å²) in [6, 6.07) is 19.1. The molecule has 0 N–H and O–H groups in total. The molecule has 0 amide bonds. The van der Waals surface area contributed by atoms with Gasteiger partial charge in [-0.15, -0.1) is 0 Å². The monoisotopic (exact) mass is 804 g/mol. The third kappa shape index (κ3) is 9.95. The van der Waals surface area contributed by atoms with E-state index in [-0.39, 0.29) is 25.7 Å². The van der Waals surface area contributed by atoms with E-state index in [0.29, 0.717) is 23.7 Å². The van der Waals surface area contributed by atoms with E-state index >= 15 is 0 Å². The average Bonchev–Trinajstić information content (AvgIpc) is 3.62. The maximum absolute atomic E-state index is 4.93. The predicted molar refractivity (Wildman–Crippen MR) is 225 cm³/mol. The molecule has 2 aromatic carbocycles. The van der Waals surface area contributed by atoms with Crippen LogP contribution in [0.25, 0.3) is 11.1 Å². The van der Waals surface area contributed by atoms with Gasteiger partial charge in [-0.25, -0.2) is 0 Å². The number of halogens is 2. The molecule has 51 heavy (non-hydrogen) atoms. The van der Waals surface area contributed by atoms with Crippen molar-refractivity contribution in [1.82, 2.24) is 0 Å². The molecule has 6 rings (SSSR count). The summed E-state index contributed by atoms with van der Waals surface area (Å²) in [5.41, 5.74) is 9.29. The first-order valence-electron chi connectivity index (χ1n) is 19.1. The number of hydrogen-bond donors (Lipinski definition) is 0. The Morgan fingerprint density at radius 1 is 0.588 bits per heavy atom. The van der Waals surface area contributed by atoms with Crippen molar-refractivity contribution >= 4 is 28.2 Å². The second kappa shape index (κ2) is 18.5. The molecule has 0 nitrogen and oxygen atoms in total. The quantitative estimate of drug-likeness (QED) is 0.245. The van der Waals surface area contributed by atoms with Crippen LogP contribution in [0.3, 0.4) is 0 Å². The fraction of sp³-hybridized carbons (Fsp3) is 0.542. The van der Waals surface area contributed by atoms with Crippen LogP contribution in [-0.4, -0.2) is 0 Å². The molecule has 8 unspecified atom stereocenters. The second-order valence-electron chi connectivity index (χ2n) is 18.3. The Morgan fingerprint density at radius 3 is 1.18 bits per heavy atom. The summed E-state index contributed by atoms with van der Waals surface area (Å²) in [5.74, 6) is 7.24. The van der Waals surface area contributed by atoms with Gasteiger partial charge in [0.25, 0.3) is 0 Å². The van der Waals surface area contributed by atoms with E-state index in [2.05, 4.69) is 154 Å². The van der Waals surface area contributed by atoms with Crippen molar-refractivity contribution in [2.45, 2.75) is 106 Å². The first-order valence-corrected chi connectivity index (χ1v) is 25.4. The maximum atomic E-state index is 4.93. The zero-order chi connectivity index (χ0) is 35.7. The first-order chi connectivity index (χ1) is 23.1. The van der Waals surface area contributed by atoms with Crippen molar-refractivity contribution in [3.63, 3.8) is 0 Å². The van der Waals surface area contributed by atoms with E-state index in [4.69, 9.17) is 17.0 Å². The normalized spacial score (nSPS) is 28.0. The van der Waals surface area contributed by atoms with Crippen molar-refractivity contribution in [2.24, 2.45) is 59.2 Å². The zero-order valence-corrected chi connectivity index (χ0v) is 37.9. The Hall–Kier alpha value is -1.14. The summed E-state index contributed by atoms with van der Waals surface area (Å²) < 4.78 is 0. The molecule has 0 heterocycles. The number of benzene rings is 2. The number of rotatable bonds is 7. The van der Waals surface area contributed by atoms with E-state index in [1.807, 2.05) is 0 Å². The fourth-order valence-electron chi connectivity index (χ4n) is 10.1. The van der Waals surface area contributed by atoms with E-state index in [1.165, 1.54) is 47.9 Å². The summed E-state index contributed by atoms with van der Waals surface area (Å²) in [4.78, 5) is 0. The second-order valence-corrected chi connectivity index (χ2v) is 22.0. The number of allylic oxidation sites excluding steroid dienone is 8. The molecular formula is C48H68Cl2Zr. The van der Waals surface area contributed by atoms with Crippen molar-refractivity contribution in [3.05, 3.63) is 122 Å². The van der Waals surface area contributed by atoms with Gasteiger partial charge in [-0.05, 0) is 129 Å². The summed E-state index contributed by atoms with van der Waals surface area (Å²) in [5, 5.41) is 0. The Morgan fingerprint density at radius 2 is 0.902 bits per heavy atom.